The van der Waals surface area contributed by atoms with Gasteiger partial charge in [0.15, 0.2) is 0 Å². The highest BCUT2D eigenvalue weighted by atomic mass is 15.2. The average molecular weight is 1050 g/mol. The van der Waals surface area contributed by atoms with Crippen molar-refractivity contribution in [3.05, 3.63) is 328 Å². The number of hydrogen-bond donors (Lipinski definition) is 0. The predicted octanol–water partition coefficient (Wildman–Crippen LogP) is 22.4. The maximum absolute atomic E-state index is 2.43. The van der Waals surface area contributed by atoms with Gasteiger partial charge in [0.1, 0.15) is 0 Å². The van der Waals surface area contributed by atoms with Crippen LogP contribution in [0.15, 0.2) is 328 Å². The van der Waals surface area contributed by atoms with Crippen molar-refractivity contribution in [3.8, 4) is 11.1 Å². The number of rotatable bonds is 13. The Labute approximate surface area is 477 Å². The van der Waals surface area contributed by atoms with Crippen molar-refractivity contribution in [2.75, 3.05) is 19.6 Å². The lowest BCUT2D eigenvalue weighted by atomic mass is 9.92. The number of hydrogen-bond acceptors (Lipinski definition) is 4. The molecule has 0 saturated heterocycles. The van der Waals surface area contributed by atoms with Crippen LogP contribution in [0.1, 0.15) is 0 Å². The van der Waals surface area contributed by atoms with E-state index in [2.05, 4.69) is 347 Å². The van der Waals surface area contributed by atoms with E-state index in [4.69, 9.17) is 0 Å². The largest absolute Gasteiger partial charge is 0.311 e. The Hall–Kier alpha value is -10.9. The molecule has 15 aromatic rings. The fourth-order valence-electron chi connectivity index (χ4n) is 12.2. The number of para-hydroxylation sites is 6. The van der Waals surface area contributed by atoms with Gasteiger partial charge in [-0.1, -0.05) is 182 Å². The van der Waals surface area contributed by atoms with Gasteiger partial charge in [-0.25, -0.2) is 0 Å². The second kappa shape index (κ2) is 20.7. The third kappa shape index (κ3) is 8.86. The molecule has 0 aliphatic carbocycles. The first kappa shape index (κ1) is 48.2. The van der Waals surface area contributed by atoms with E-state index < -0.39 is 0 Å². The smallest absolute Gasteiger partial charge is 0.0473 e. The molecule has 0 amide bonds. The van der Waals surface area contributed by atoms with Crippen LogP contribution in [0, 0.1) is 0 Å². The first-order chi connectivity index (χ1) is 40.6. The lowest BCUT2D eigenvalue weighted by Gasteiger charge is -2.28. The summed E-state index contributed by atoms with van der Waals surface area (Å²) >= 11 is 0. The van der Waals surface area contributed by atoms with Crippen LogP contribution < -0.4 is 19.6 Å². The molecule has 0 aliphatic heterocycles. The maximum atomic E-state index is 2.43. The highest BCUT2D eigenvalue weighted by molar-refractivity contribution is 6.25. The van der Waals surface area contributed by atoms with Gasteiger partial charge >= 0.3 is 0 Å². The molecule has 386 valence electrons. The zero-order valence-corrected chi connectivity index (χ0v) is 45.0. The van der Waals surface area contributed by atoms with Gasteiger partial charge in [0.05, 0.1) is 0 Å². The normalized spacial score (nSPS) is 11.4. The topological polar surface area (TPSA) is 13.0 Å². The molecule has 0 heterocycles. The SMILES string of the molecule is c1ccc(N(c2ccccc2)c2ccc(-c3ccc(N(c4ccc5c(ccc6cc(N(c7ccccc7)c7ccccc7)ccc65)c4)c4cc5ccc6cc(N(c7ccccc7)c7ccccc7)cc7ccc(c4)c5c67)cc3)cc2)cc1. The van der Waals surface area contributed by atoms with Crippen LogP contribution in [0.5, 0.6) is 0 Å². The zero-order valence-electron chi connectivity index (χ0n) is 45.0. The van der Waals surface area contributed by atoms with Gasteiger partial charge in [-0.3, -0.25) is 0 Å². The predicted molar refractivity (Wildman–Crippen MR) is 349 cm³/mol. The molecule has 0 fully saturated rings. The molecule has 0 N–H and O–H groups in total. The molecule has 0 spiro atoms. The van der Waals surface area contributed by atoms with Gasteiger partial charge < -0.3 is 19.6 Å². The first-order valence-corrected chi connectivity index (χ1v) is 28.1. The van der Waals surface area contributed by atoms with Gasteiger partial charge in [0, 0.05) is 68.2 Å². The Morgan fingerprint density at radius 2 is 0.354 bits per heavy atom. The van der Waals surface area contributed by atoms with Crippen LogP contribution >= 0.6 is 0 Å². The lowest BCUT2D eigenvalue weighted by Crippen LogP contribution is -2.10. The van der Waals surface area contributed by atoms with Crippen LogP contribution in [0.25, 0.3) is 65.0 Å². The van der Waals surface area contributed by atoms with E-state index in [0.29, 0.717) is 0 Å². The fraction of sp³-hybridized carbons (Fsp3) is 0. The van der Waals surface area contributed by atoms with Crippen molar-refractivity contribution in [3.63, 3.8) is 0 Å². The summed E-state index contributed by atoms with van der Waals surface area (Å²) < 4.78 is 0. The summed E-state index contributed by atoms with van der Waals surface area (Å²) in [6, 6.07) is 119. The summed E-state index contributed by atoms with van der Waals surface area (Å²) in [5.41, 5.74) is 15.6. The molecular weight excluding hydrogens is 993 g/mol. The standard InChI is InChI=1S/C78H54N4/c1-7-19-63(20-8-1)79(64-21-9-2-10-22-64)69-41-37-55(38-42-69)56-39-43-70(44-40-56)82(72-46-48-76-58(50-72)32-31-57-49-71(45-47-75(57)76)80(65-23-11-3-12-24-65)66-25-13-4-14-26-66)74-53-61-35-33-59-51-73(52-60-34-36-62(54-74)78(61)77(59)60)81(67-27-15-5-16-28-67)68-29-17-6-18-30-68/h1-54H. The summed E-state index contributed by atoms with van der Waals surface area (Å²) in [6.45, 7) is 0. The number of fused-ring (bicyclic) bond motifs is 3. The molecule has 0 aromatic heterocycles. The molecule has 82 heavy (non-hydrogen) atoms. The van der Waals surface area contributed by atoms with Crippen LogP contribution in [0.4, 0.5) is 68.2 Å². The Morgan fingerprint density at radius 3 is 0.646 bits per heavy atom. The third-order valence-electron chi connectivity index (χ3n) is 16.0. The molecule has 0 aliphatic rings. The van der Waals surface area contributed by atoms with Crippen LogP contribution in [0.2, 0.25) is 0 Å². The van der Waals surface area contributed by atoms with Crippen LogP contribution in [0.3, 0.4) is 0 Å². The second-order valence-electron chi connectivity index (χ2n) is 21.0. The van der Waals surface area contributed by atoms with Crippen molar-refractivity contribution in [2.45, 2.75) is 0 Å². The molecule has 0 bridgehead atoms. The molecule has 15 aromatic carbocycles. The monoisotopic (exact) mass is 1050 g/mol. The van der Waals surface area contributed by atoms with Gasteiger partial charge in [0.25, 0.3) is 0 Å². The molecule has 0 unspecified atom stereocenters. The second-order valence-corrected chi connectivity index (χ2v) is 21.0. The van der Waals surface area contributed by atoms with E-state index in [-0.39, 0.29) is 0 Å². The van der Waals surface area contributed by atoms with Crippen molar-refractivity contribution in [2.24, 2.45) is 0 Å². The first-order valence-electron chi connectivity index (χ1n) is 28.1. The molecule has 0 radical (unpaired) electrons. The summed E-state index contributed by atoms with van der Waals surface area (Å²) in [4.78, 5) is 9.41. The average Bonchev–Trinajstić information content (AvgIpc) is 2.75. The van der Waals surface area contributed by atoms with Gasteiger partial charge in [0.2, 0.25) is 0 Å². The highest BCUT2D eigenvalue weighted by Crippen LogP contribution is 2.46. The minimum absolute atomic E-state index is 1.07. The zero-order chi connectivity index (χ0) is 54.3. The minimum atomic E-state index is 1.07. The Balaban J connectivity index is 0.831. The quantitative estimate of drug-likeness (QED) is 0.107. The van der Waals surface area contributed by atoms with Crippen molar-refractivity contribution >= 4 is 122 Å². The minimum Gasteiger partial charge on any atom is -0.311 e. The van der Waals surface area contributed by atoms with E-state index in [1.165, 1.54) is 53.9 Å². The van der Waals surface area contributed by atoms with Crippen LogP contribution in [-0.2, 0) is 0 Å². The number of anilines is 12. The molecule has 0 atom stereocenters. The van der Waals surface area contributed by atoms with E-state index in [0.717, 1.165) is 79.4 Å². The lowest BCUT2D eigenvalue weighted by molar-refractivity contribution is 1.28. The summed E-state index contributed by atoms with van der Waals surface area (Å²) in [6.07, 6.45) is 0. The van der Waals surface area contributed by atoms with E-state index in [1.54, 1.807) is 0 Å². The molecule has 4 heteroatoms. The Bertz CT molecular complexity index is 4530. The van der Waals surface area contributed by atoms with Crippen molar-refractivity contribution in [1.82, 2.24) is 0 Å². The molecular formula is C78H54N4. The summed E-state index contributed by atoms with van der Waals surface area (Å²) in [7, 11) is 0. The van der Waals surface area contributed by atoms with E-state index >= 15 is 0 Å². The van der Waals surface area contributed by atoms with Gasteiger partial charge in [-0.15, -0.1) is 0 Å². The van der Waals surface area contributed by atoms with Crippen LogP contribution in [-0.4, -0.2) is 0 Å². The van der Waals surface area contributed by atoms with E-state index in [1.807, 2.05) is 0 Å². The highest BCUT2D eigenvalue weighted by Gasteiger charge is 2.21. The fourth-order valence-corrected chi connectivity index (χ4v) is 12.2. The number of nitrogens with zero attached hydrogens (tertiary/aromatic N) is 4. The molecule has 4 nitrogen and oxygen atoms in total. The molecule has 0 saturated carbocycles. The van der Waals surface area contributed by atoms with Crippen molar-refractivity contribution in [1.29, 1.82) is 0 Å². The summed E-state index contributed by atoms with van der Waals surface area (Å²) in [5, 5.41) is 12.2. The Morgan fingerprint density at radius 1 is 0.146 bits per heavy atom. The maximum Gasteiger partial charge on any atom is 0.0473 e. The van der Waals surface area contributed by atoms with Crippen molar-refractivity contribution < 1.29 is 0 Å². The Kier molecular flexibility index (Phi) is 12.2. The summed E-state index contributed by atoms with van der Waals surface area (Å²) in [5.74, 6) is 0. The third-order valence-corrected chi connectivity index (χ3v) is 16.0. The van der Waals surface area contributed by atoms with Gasteiger partial charge in [-0.05, 0) is 211 Å². The number of benzene rings is 15. The van der Waals surface area contributed by atoms with E-state index in [9.17, 15) is 0 Å². The molecule has 15 rings (SSSR count). The van der Waals surface area contributed by atoms with Gasteiger partial charge in [-0.2, -0.15) is 0 Å².